The number of phosphoric acid groups is 1. The lowest BCUT2D eigenvalue weighted by Gasteiger charge is -2.35. The van der Waals surface area contributed by atoms with Crippen molar-refractivity contribution in [1.29, 1.82) is 0 Å². The van der Waals surface area contributed by atoms with Crippen LogP contribution in [0.2, 0.25) is 0 Å². The highest BCUT2D eigenvalue weighted by Gasteiger charge is 2.32. The second kappa shape index (κ2) is 20.5. The molecule has 0 aliphatic heterocycles. The van der Waals surface area contributed by atoms with Gasteiger partial charge in [-0.15, -0.1) is 0 Å². The van der Waals surface area contributed by atoms with Gasteiger partial charge in [-0.3, -0.25) is 9.32 Å². The van der Waals surface area contributed by atoms with Crippen molar-refractivity contribution >= 4 is 13.7 Å². The maximum atomic E-state index is 11.9. The van der Waals surface area contributed by atoms with E-state index in [1.165, 1.54) is 83.5 Å². The molecule has 4 N–H and O–H groups in total. The highest BCUT2D eigenvalue weighted by Crippen LogP contribution is 2.36. The number of nitrogens with zero attached hydrogens (tertiary/aromatic N) is 1. The SMILES string of the molecule is CCCCCCCCCCCCCCCCCOCC(CC(COP(=O)(O)O)[N+](C)(C)C)C(N)=O. The van der Waals surface area contributed by atoms with Crippen molar-refractivity contribution in [2.24, 2.45) is 11.7 Å². The second-order valence-electron chi connectivity index (χ2n) is 10.9. The minimum absolute atomic E-state index is 0.156. The molecule has 0 saturated carbocycles. The Morgan fingerprint density at radius 1 is 0.800 bits per heavy atom. The summed E-state index contributed by atoms with van der Waals surface area (Å²) in [6.45, 7) is 2.92. The van der Waals surface area contributed by atoms with E-state index < -0.39 is 19.6 Å². The van der Waals surface area contributed by atoms with Gasteiger partial charge in [0.2, 0.25) is 5.91 Å². The lowest BCUT2D eigenvalue weighted by molar-refractivity contribution is -0.896. The number of hydrogen-bond acceptors (Lipinski definition) is 4. The van der Waals surface area contributed by atoms with Crippen molar-refractivity contribution in [3.05, 3.63) is 0 Å². The predicted octanol–water partition coefficient (Wildman–Crippen LogP) is 5.55. The monoisotopic (exact) mass is 523 g/mol. The molecule has 0 aromatic heterocycles. The first-order chi connectivity index (χ1) is 16.5. The molecule has 0 aliphatic rings. The normalized spacial score (nSPS) is 14.2. The molecule has 1 amide bonds. The Morgan fingerprint density at radius 3 is 1.60 bits per heavy atom. The lowest BCUT2D eigenvalue weighted by atomic mass is 9.98. The Balaban J connectivity index is 3.84. The molecule has 0 aromatic carbocycles. The van der Waals surface area contributed by atoms with Crippen LogP contribution in [0.3, 0.4) is 0 Å². The maximum absolute atomic E-state index is 11.9. The summed E-state index contributed by atoms with van der Waals surface area (Å²) in [7, 11) is 1.10. The van der Waals surface area contributed by atoms with Gasteiger partial charge in [0.1, 0.15) is 12.6 Å². The topological polar surface area (TPSA) is 119 Å². The average molecular weight is 524 g/mol. The number of amides is 1. The average Bonchev–Trinajstić information content (AvgIpc) is 2.75. The number of hydrogen-bond donors (Lipinski definition) is 3. The highest BCUT2D eigenvalue weighted by atomic mass is 31.2. The Hall–Kier alpha value is -0.500. The van der Waals surface area contributed by atoms with E-state index in [1.807, 2.05) is 21.1 Å². The van der Waals surface area contributed by atoms with Crippen LogP contribution in [0.5, 0.6) is 0 Å². The van der Waals surface area contributed by atoms with Crippen LogP contribution in [0.25, 0.3) is 0 Å². The van der Waals surface area contributed by atoms with Crippen LogP contribution in [-0.2, 0) is 18.6 Å². The summed E-state index contributed by atoms with van der Waals surface area (Å²) in [6.07, 6.45) is 20.0. The summed E-state index contributed by atoms with van der Waals surface area (Å²) >= 11 is 0. The third kappa shape index (κ3) is 22.4. The number of quaternary nitrogens is 1. The smallest absolute Gasteiger partial charge is 0.381 e. The summed E-state index contributed by atoms with van der Waals surface area (Å²) in [5.41, 5.74) is 5.56. The van der Waals surface area contributed by atoms with Gasteiger partial charge in [-0.2, -0.15) is 0 Å². The number of likely N-dealkylation sites (N-methyl/N-ethyl adjacent to an activating group) is 1. The van der Waals surface area contributed by atoms with Crippen molar-refractivity contribution < 1.29 is 32.9 Å². The molecule has 0 radical (unpaired) electrons. The van der Waals surface area contributed by atoms with Crippen molar-refractivity contribution in [3.8, 4) is 0 Å². The van der Waals surface area contributed by atoms with E-state index in [9.17, 15) is 9.36 Å². The zero-order valence-electron chi connectivity index (χ0n) is 23.1. The molecule has 0 heterocycles. The quantitative estimate of drug-likeness (QED) is 0.0820. The van der Waals surface area contributed by atoms with Gasteiger partial charge in [-0.05, 0) is 6.42 Å². The van der Waals surface area contributed by atoms with Gasteiger partial charge >= 0.3 is 7.82 Å². The van der Waals surface area contributed by atoms with Gasteiger partial charge in [0, 0.05) is 13.0 Å². The predicted molar refractivity (Wildman–Crippen MR) is 143 cm³/mol. The first-order valence-electron chi connectivity index (χ1n) is 13.9. The Morgan fingerprint density at radius 2 is 1.23 bits per heavy atom. The molecule has 35 heavy (non-hydrogen) atoms. The van der Waals surface area contributed by atoms with E-state index in [0.717, 1.165) is 12.8 Å². The van der Waals surface area contributed by atoms with Crippen LogP contribution in [0, 0.1) is 5.92 Å². The number of phosphoric ester groups is 1. The van der Waals surface area contributed by atoms with E-state index in [0.29, 0.717) is 17.5 Å². The van der Waals surface area contributed by atoms with Crippen LogP contribution in [0.1, 0.15) is 110 Å². The van der Waals surface area contributed by atoms with Gasteiger partial charge in [0.25, 0.3) is 0 Å². The number of nitrogens with two attached hydrogens (primary N) is 1. The molecule has 0 fully saturated rings. The lowest BCUT2D eigenvalue weighted by Crippen LogP contribution is -2.50. The largest absolute Gasteiger partial charge is 0.469 e. The molecule has 2 atom stereocenters. The summed E-state index contributed by atoms with van der Waals surface area (Å²) in [4.78, 5) is 29.9. The number of carbonyl (C=O) groups is 1. The maximum Gasteiger partial charge on any atom is 0.469 e. The first-order valence-corrected chi connectivity index (χ1v) is 15.4. The van der Waals surface area contributed by atoms with Crippen molar-refractivity contribution in [1.82, 2.24) is 0 Å². The Labute approximate surface area is 215 Å². The van der Waals surface area contributed by atoms with Gasteiger partial charge in [0.05, 0.1) is 33.7 Å². The number of unbranched alkanes of at least 4 members (excludes halogenated alkanes) is 14. The minimum Gasteiger partial charge on any atom is -0.381 e. The van der Waals surface area contributed by atoms with Crippen LogP contribution >= 0.6 is 7.82 Å². The molecular formula is C26H56N2O6P+. The fraction of sp³-hybridized carbons (Fsp3) is 0.962. The van der Waals surface area contributed by atoms with E-state index in [1.54, 1.807) is 0 Å². The molecule has 0 spiro atoms. The number of carbonyl (C=O) groups excluding carboxylic acids is 1. The molecule has 2 unspecified atom stereocenters. The molecule has 8 nitrogen and oxygen atoms in total. The van der Waals surface area contributed by atoms with E-state index in [2.05, 4.69) is 6.92 Å². The van der Waals surface area contributed by atoms with Crippen molar-refractivity contribution in [3.63, 3.8) is 0 Å². The fourth-order valence-corrected chi connectivity index (χ4v) is 4.55. The third-order valence-corrected chi connectivity index (χ3v) is 7.19. The van der Waals surface area contributed by atoms with Crippen molar-refractivity contribution in [2.75, 3.05) is 41.0 Å². The minimum atomic E-state index is -4.57. The van der Waals surface area contributed by atoms with E-state index >= 15 is 0 Å². The van der Waals surface area contributed by atoms with E-state index in [4.69, 9.17) is 24.8 Å². The molecule has 210 valence electrons. The number of primary amides is 1. The number of rotatable bonds is 25. The third-order valence-electron chi connectivity index (χ3n) is 6.70. The molecule has 0 aromatic rings. The summed E-state index contributed by atoms with van der Waals surface area (Å²) in [6, 6.07) is -0.297. The molecule has 0 rings (SSSR count). The van der Waals surface area contributed by atoms with Crippen LogP contribution in [0.4, 0.5) is 0 Å². The van der Waals surface area contributed by atoms with Gasteiger partial charge in [0.15, 0.2) is 0 Å². The molecular weight excluding hydrogens is 467 g/mol. The van der Waals surface area contributed by atoms with Gasteiger partial charge in [-0.25, -0.2) is 4.57 Å². The van der Waals surface area contributed by atoms with Crippen molar-refractivity contribution in [2.45, 2.75) is 116 Å². The van der Waals surface area contributed by atoms with Crippen LogP contribution in [-0.4, -0.2) is 67.2 Å². The van der Waals surface area contributed by atoms with Gasteiger partial charge in [-0.1, -0.05) is 96.8 Å². The zero-order chi connectivity index (χ0) is 26.6. The fourth-order valence-electron chi connectivity index (χ4n) is 4.19. The summed E-state index contributed by atoms with van der Waals surface area (Å²) in [5.74, 6) is -0.981. The van der Waals surface area contributed by atoms with Gasteiger partial charge < -0.3 is 24.7 Å². The Bertz CT molecular complexity index is 565. The number of ether oxygens (including phenoxy) is 1. The molecule has 0 saturated heterocycles. The Kier molecular flexibility index (Phi) is 20.3. The van der Waals surface area contributed by atoms with Crippen LogP contribution < -0.4 is 5.73 Å². The van der Waals surface area contributed by atoms with E-state index in [-0.39, 0.29) is 19.3 Å². The second-order valence-corrected chi connectivity index (χ2v) is 12.2. The first kappa shape index (κ1) is 34.5. The zero-order valence-corrected chi connectivity index (χ0v) is 24.0. The molecule has 0 bridgehead atoms. The summed E-state index contributed by atoms with van der Waals surface area (Å²) in [5, 5.41) is 0. The highest BCUT2D eigenvalue weighted by molar-refractivity contribution is 7.46. The molecule has 0 aliphatic carbocycles. The standard InChI is InChI=1S/C26H55N2O6P/c1-5-6-7-8-9-10-11-12-13-14-15-16-17-18-19-20-33-22-24(26(27)29)21-25(28(2,3)4)23-34-35(30,31)32/h24-25H,5-23H2,1-4H3,(H3-,27,29,30,31,32)/p+1. The summed E-state index contributed by atoms with van der Waals surface area (Å²) < 4.78 is 21.9. The van der Waals surface area contributed by atoms with Crippen LogP contribution in [0.15, 0.2) is 0 Å². The molecule has 9 heteroatoms.